The Morgan fingerprint density at radius 3 is 3.29 bits per heavy atom. The first kappa shape index (κ1) is 1.73. The molecule has 0 aliphatic carbocycles. The number of allylic oxidation sites excluding steroid dienone is 2. The van der Waals surface area contributed by atoms with Crippen LogP contribution >= 0.6 is 0 Å². The van der Waals surface area contributed by atoms with Crippen molar-refractivity contribution in [1.82, 2.24) is 0 Å². The van der Waals surface area contributed by atoms with E-state index in [2.05, 4.69) is 0 Å². The van der Waals surface area contributed by atoms with Crippen LogP contribution in [0.1, 0.15) is 26.5 Å². The zero-order valence-electron chi connectivity index (χ0n) is 8.85. The molecule has 0 aromatic carbocycles. The van der Waals surface area contributed by atoms with E-state index in [0.717, 1.165) is 6.08 Å². The molecule has 1 heteroatoms. The van der Waals surface area contributed by atoms with Gasteiger partial charge in [-0.1, -0.05) is 19.0 Å². The lowest BCUT2D eigenvalue weighted by Gasteiger charge is -1.72. The minimum Gasteiger partial charge on any atom is -0.303 e. The van der Waals surface area contributed by atoms with E-state index in [-0.39, 0.29) is 6.42 Å². The van der Waals surface area contributed by atoms with E-state index in [0.29, 0.717) is 6.29 Å². The quantitative estimate of drug-likeness (QED) is 0.391. The van der Waals surface area contributed by atoms with Gasteiger partial charge in [-0.3, -0.25) is 0 Å². The molecule has 0 atom stereocenters. The lowest BCUT2D eigenvalue weighted by molar-refractivity contribution is -0.107. The monoisotopic (exact) mass is 103 g/mol. The van der Waals surface area contributed by atoms with Gasteiger partial charge in [-0.15, -0.1) is 0 Å². The van der Waals surface area contributed by atoms with Crippen molar-refractivity contribution in [3.63, 3.8) is 0 Å². The average Bonchev–Trinajstić information content (AvgIpc) is 1.85. The van der Waals surface area contributed by atoms with Crippen LogP contribution in [0.15, 0.2) is 12.2 Å². The third kappa shape index (κ3) is 5.41. The van der Waals surface area contributed by atoms with Gasteiger partial charge < -0.3 is 4.79 Å². The molecule has 40 valence electrons. The first-order valence-electron chi connectivity index (χ1n) is 4.42. The van der Waals surface area contributed by atoms with Gasteiger partial charge in [0, 0.05) is 13.3 Å². The molecule has 0 spiro atoms. The molecule has 0 saturated heterocycles. The van der Waals surface area contributed by atoms with Gasteiger partial charge in [0.15, 0.2) is 0 Å². The Morgan fingerprint density at radius 1 is 1.86 bits per heavy atom. The highest BCUT2D eigenvalue weighted by Crippen LogP contribution is 1.80. The predicted octanol–water partition coefficient (Wildman–Crippen LogP) is 1.54. The Hall–Kier alpha value is -0.590. The smallest absolute Gasteiger partial charge is 0.123 e. The fourth-order valence-corrected chi connectivity index (χ4v) is 0.183. The second-order valence-corrected chi connectivity index (χ2v) is 0.949. The van der Waals surface area contributed by atoms with Crippen molar-refractivity contribution in [2.24, 2.45) is 0 Å². The standard InChI is InChI=1S/C6H10O/c1-2-3-4-5-6-7/h3-4,6H,2,5H2,1H3/b4-3-/i1D3,2D2. The second kappa shape index (κ2) is 5.41. The number of hydrogen-bond donors (Lipinski definition) is 0. The van der Waals surface area contributed by atoms with Crippen LogP contribution < -0.4 is 0 Å². The molecule has 0 rings (SSSR count). The minimum absolute atomic E-state index is 0.0373. The molecular weight excluding hydrogens is 88.1 g/mol. The maximum Gasteiger partial charge on any atom is 0.123 e. The van der Waals surface area contributed by atoms with E-state index in [1.807, 2.05) is 0 Å². The molecule has 0 heterocycles. The molecule has 0 radical (unpaired) electrons. The van der Waals surface area contributed by atoms with Crippen LogP contribution in [0.5, 0.6) is 0 Å². The van der Waals surface area contributed by atoms with Gasteiger partial charge in [0.1, 0.15) is 6.29 Å². The van der Waals surface area contributed by atoms with E-state index in [1.54, 1.807) is 0 Å². The third-order valence-electron chi connectivity index (χ3n) is 0.433. The summed E-state index contributed by atoms with van der Waals surface area (Å²) in [6.45, 7) is -2.67. The molecule has 0 aromatic heterocycles. The summed E-state index contributed by atoms with van der Waals surface area (Å²) in [6, 6.07) is 0. The Labute approximate surface area is 51.1 Å². The highest BCUT2D eigenvalue weighted by molar-refractivity contribution is 5.51. The molecule has 0 amide bonds. The van der Waals surface area contributed by atoms with Crippen LogP contribution in [0.2, 0.25) is 0 Å². The summed E-state index contributed by atoms with van der Waals surface area (Å²) < 4.78 is 34.5. The Morgan fingerprint density at radius 2 is 2.71 bits per heavy atom. The lowest BCUT2D eigenvalue weighted by Crippen LogP contribution is -1.63. The van der Waals surface area contributed by atoms with Gasteiger partial charge in [-0.25, -0.2) is 0 Å². The number of aldehydes is 1. The van der Waals surface area contributed by atoms with Gasteiger partial charge in [-0.05, 0) is 6.37 Å². The van der Waals surface area contributed by atoms with Crippen LogP contribution in [-0.2, 0) is 4.79 Å². The number of carbonyl (C=O) groups is 1. The van der Waals surface area contributed by atoms with Crippen molar-refractivity contribution in [1.29, 1.82) is 0 Å². The molecule has 0 N–H and O–H groups in total. The van der Waals surface area contributed by atoms with Gasteiger partial charge in [-0.2, -0.15) is 0 Å². The molecule has 0 aliphatic heterocycles. The summed E-state index contributed by atoms with van der Waals surface area (Å²) in [5, 5.41) is 0. The summed E-state index contributed by atoms with van der Waals surface area (Å²) in [5.74, 6) is 0. The number of carbonyl (C=O) groups excluding carboxylic acids is 1. The van der Waals surface area contributed by atoms with Crippen LogP contribution in [0, 0.1) is 0 Å². The summed E-state index contributed by atoms with van der Waals surface area (Å²) in [5.41, 5.74) is 0. The minimum atomic E-state index is -2.67. The van der Waals surface area contributed by atoms with E-state index in [1.165, 1.54) is 6.08 Å². The maximum absolute atomic E-state index is 9.83. The Balaban J connectivity index is 4.31. The second-order valence-electron chi connectivity index (χ2n) is 0.949. The average molecular weight is 103 g/mol. The summed E-state index contributed by atoms with van der Waals surface area (Å²) >= 11 is 0. The molecule has 0 aliphatic rings. The fraction of sp³-hybridized carbons (Fsp3) is 0.500. The lowest BCUT2D eigenvalue weighted by atomic mass is 10.3. The van der Waals surface area contributed by atoms with Crippen LogP contribution in [0.4, 0.5) is 0 Å². The first-order chi connectivity index (χ1) is 5.31. The molecule has 1 nitrogen and oxygen atoms in total. The van der Waals surface area contributed by atoms with E-state index in [4.69, 9.17) is 6.85 Å². The fourth-order valence-electron chi connectivity index (χ4n) is 0.183. The molecule has 0 fully saturated rings. The highest BCUT2D eigenvalue weighted by atomic mass is 16.1. The van der Waals surface area contributed by atoms with Crippen LogP contribution in [0.3, 0.4) is 0 Å². The highest BCUT2D eigenvalue weighted by Gasteiger charge is 1.67. The number of rotatable bonds is 3. The third-order valence-corrected chi connectivity index (χ3v) is 0.433. The van der Waals surface area contributed by atoms with Crippen LogP contribution in [-0.4, -0.2) is 6.29 Å². The Kier molecular flexibility index (Phi) is 1.34. The summed E-state index contributed by atoms with van der Waals surface area (Å²) in [7, 11) is 0. The summed E-state index contributed by atoms with van der Waals surface area (Å²) in [6.07, 6.45) is 0.367. The van der Waals surface area contributed by atoms with E-state index in [9.17, 15) is 4.79 Å². The maximum atomic E-state index is 9.83. The molecular formula is C6H10O. The first-order valence-corrected chi connectivity index (χ1v) is 1.92. The zero-order chi connectivity index (χ0) is 9.83. The Bertz CT molecular complexity index is 181. The SMILES string of the molecule is [2H]C([2H])([2H])C([2H])([2H])/C=C\CC=O. The zero-order valence-corrected chi connectivity index (χ0v) is 3.85. The van der Waals surface area contributed by atoms with Crippen molar-refractivity contribution in [3.8, 4) is 0 Å². The molecule has 0 aromatic rings. The van der Waals surface area contributed by atoms with Crippen molar-refractivity contribution >= 4 is 6.29 Å². The van der Waals surface area contributed by atoms with Crippen molar-refractivity contribution in [2.45, 2.75) is 19.6 Å². The largest absolute Gasteiger partial charge is 0.303 e. The van der Waals surface area contributed by atoms with Gasteiger partial charge in [0.05, 0.1) is 0 Å². The van der Waals surface area contributed by atoms with Crippen molar-refractivity contribution in [2.75, 3.05) is 0 Å². The summed E-state index contributed by atoms with van der Waals surface area (Å²) in [4.78, 5) is 9.83. The molecule has 0 bridgehead atoms. The molecule has 0 saturated carbocycles. The van der Waals surface area contributed by atoms with Gasteiger partial charge in [0.2, 0.25) is 0 Å². The normalized spacial score (nSPS) is 24.3. The topological polar surface area (TPSA) is 17.1 Å². The molecule has 0 unspecified atom stereocenters. The number of hydrogen-bond acceptors (Lipinski definition) is 1. The van der Waals surface area contributed by atoms with Crippen LogP contribution in [0.25, 0.3) is 0 Å². The van der Waals surface area contributed by atoms with Gasteiger partial charge in [0.25, 0.3) is 0 Å². The van der Waals surface area contributed by atoms with Gasteiger partial charge >= 0.3 is 0 Å². The molecule has 7 heavy (non-hydrogen) atoms. The van der Waals surface area contributed by atoms with Crippen molar-refractivity contribution in [3.05, 3.63) is 12.2 Å². The van der Waals surface area contributed by atoms with E-state index >= 15 is 0 Å². The predicted molar refractivity (Wildman–Crippen MR) is 30.1 cm³/mol. The van der Waals surface area contributed by atoms with E-state index < -0.39 is 13.2 Å². The van der Waals surface area contributed by atoms with Crippen molar-refractivity contribution < 1.29 is 11.6 Å².